The van der Waals surface area contributed by atoms with E-state index in [9.17, 15) is 4.79 Å². The van der Waals surface area contributed by atoms with Gasteiger partial charge in [-0.1, -0.05) is 11.6 Å². The van der Waals surface area contributed by atoms with Gasteiger partial charge in [-0.2, -0.15) is 0 Å². The van der Waals surface area contributed by atoms with Gasteiger partial charge in [-0.05, 0) is 48.9 Å². The van der Waals surface area contributed by atoms with Crippen molar-refractivity contribution in [3.8, 4) is 0 Å². The summed E-state index contributed by atoms with van der Waals surface area (Å²) in [5.41, 5.74) is 3.48. The van der Waals surface area contributed by atoms with Crippen LogP contribution in [0.4, 0.5) is 11.6 Å². The molecule has 0 atom stereocenters. The summed E-state index contributed by atoms with van der Waals surface area (Å²) in [7, 11) is 0. The first-order valence-electron chi connectivity index (χ1n) is 6.29. The zero-order valence-corrected chi connectivity index (χ0v) is 11.9. The lowest BCUT2D eigenvalue weighted by atomic mass is 10.2. The van der Waals surface area contributed by atoms with Crippen LogP contribution in [0.1, 0.15) is 15.9 Å². The van der Waals surface area contributed by atoms with Crippen molar-refractivity contribution in [2.45, 2.75) is 6.92 Å². The van der Waals surface area contributed by atoms with Crippen molar-refractivity contribution in [1.82, 2.24) is 9.97 Å². The van der Waals surface area contributed by atoms with E-state index in [1.54, 1.807) is 18.2 Å². The number of hydrogen-bond donors (Lipinski definition) is 3. The highest BCUT2D eigenvalue weighted by molar-refractivity contribution is 6.30. The van der Waals surface area contributed by atoms with E-state index in [4.69, 9.17) is 16.7 Å². The van der Waals surface area contributed by atoms with Crippen LogP contribution >= 0.6 is 11.6 Å². The average Bonchev–Trinajstić information content (AvgIpc) is 2.83. The van der Waals surface area contributed by atoms with Crippen LogP contribution in [0.3, 0.4) is 0 Å². The second-order valence-corrected chi connectivity index (χ2v) is 5.14. The number of carboxylic acid groups (broad SMARTS) is 1. The molecule has 0 saturated heterocycles. The van der Waals surface area contributed by atoms with E-state index in [0.717, 1.165) is 11.3 Å². The zero-order valence-electron chi connectivity index (χ0n) is 11.1. The SMILES string of the molecule is Cc1cc(Cl)ccc1Nc1nc2ccc(C(=O)O)cc2[nH]1. The Bertz CT molecular complexity index is 842. The van der Waals surface area contributed by atoms with Gasteiger partial charge in [0.15, 0.2) is 0 Å². The number of carbonyl (C=O) groups is 1. The molecule has 106 valence electrons. The second-order valence-electron chi connectivity index (χ2n) is 4.71. The fourth-order valence-corrected chi connectivity index (χ4v) is 2.32. The van der Waals surface area contributed by atoms with E-state index in [-0.39, 0.29) is 5.56 Å². The molecule has 0 amide bonds. The van der Waals surface area contributed by atoms with Gasteiger partial charge in [0.25, 0.3) is 0 Å². The Morgan fingerprint density at radius 1 is 1.29 bits per heavy atom. The first kappa shape index (κ1) is 13.5. The van der Waals surface area contributed by atoms with Crippen molar-refractivity contribution in [1.29, 1.82) is 0 Å². The molecule has 0 spiro atoms. The molecule has 0 aliphatic carbocycles. The maximum absolute atomic E-state index is 11.0. The molecule has 5 nitrogen and oxygen atoms in total. The molecule has 0 aliphatic heterocycles. The summed E-state index contributed by atoms with van der Waals surface area (Å²) in [5, 5.41) is 12.8. The monoisotopic (exact) mass is 301 g/mol. The number of anilines is 2. The Labute approximate surface area is 125 Å². The van der Waals surface area contributed by atoms with Crippen molar-refractivity contribution >= 4 is 40.2 Å². The largest absolute Gasteiger partial charge is 0.478 e. The molecule has 0 radical (unpaired) electrons. The number of halogens is 1. The third kappa shape index (κ3) is 2.68. The molecule has 3 rings (SSSR count). The fraction of sp³-hybridized carbons (Fsp3) is 0.0667. The minimum absolute atomic E-state index is 0.223. The average molecular weight is 302 g/mol. The maximum Gasteiger partial charge on any atom is 0.335 e. The summed E-state index contributed by atoms with van der Waals surface area (Å²) in [5.74, 6) is -0.410. The molecule has 1 aromatic heterocycles. The normalized spacial score (nSPS) is 10.8. The number of aromatic carboxylic acids is 1. The minimum Gasteiger partial charge on any atom is -0.478 e. The van der Waals surface area contributed by atoms with Gasteiger partial charge in [0.2, 0.25) is 5.95 Å². The maximum atomic E-state index is 11.0. The number of carboxylic acids is 1. The quantitative estimate of drug-likeness (QED) is 0.684. The van der Waals surface area contributed by atoms with Gasteiger partial charge in [0.1, 0.15) is 0 Å². The Balaban J connectivity index is 1.95. The second kappa shape index (κ2) is 5.10. The number of nitrogens with zero attached hydrogens (tertiary/aromatic N) is 1. The Morgan fingerprint density at radius 2 is 2.10 bits per heavy atom. The number of aromatic amines is 1. The van der Waals surface area contributed by atoms with E-state index >= 15 is 0 Å². The molecule has 0 aliphatic rings. The van der Waals surface area contributed by atoms with Gasteiger partial charge in [-0.25, -0.2) is 9.78 Å². The number of fused-ring (bicyclic) bond motifs is 1. The standard InChI is InChI=1S/C15H12ClN3O2/c1-8-6-10(16)3-5-11(8)17-15-18-12-4-2-9(14(20)21)7-13(12)19-15/h2-7H,1H3,(H,20,21)(H2,17,18,19). The van der Waals surface area contributed by atoms with E-state index < -0.39 is 5.97 Å². The van der Waals surface area contributed by atoms with Crippen molar-refractivity contribution in [3.05, 3.63) is 52.5 Å². The first-order valence-corrected chi connectivity index (χ1v) is 6.67. The van der Waals surface area contributed by atoms with Gasteiger partial charge in [-0.15, -0.1) is 0 Å². The lowest BCUT2D eigenvalue weighted by Crippen LogP contribution is -1.95. The molecule has 0 saturated carbocycles. The predicted molar refractivity (Wildman–Crippen MR) is 82.5 cm³/mol. The molecule has 3 aromatic rings. The Morgan fingerprint density at radius 3 is 2.81 bits per heavy atom. The van der Waals surface area contributed by atoms with Gasteiger partial charge in [0, 0.05) is 10.7 Å². The van der Waals surface area contributed by atoms with Gasteiger partial charge >= 0.3 is 5.97 Å². The number of aryl methyl sites for hydroxylation is 1. The van der Waals surface area contributed by atoms with Crippen molar-refractivity contribution in [2.24, 2.45) is 0 Å². The molecule has 0 unspecified atom stereocenters. The molecule has 3 N–H and O–H groups in total. The minimum atomic E-state index is -0.963. The third-order valence-electron chi connectivity index (χ3n) is 3.17. The summed E-state index contributed by atoms with van der Waals surface area (Å²) in [6, 6.07) is 10.3. The summed E-state index contributed by atoms with van der Waals surface area (Å²) < 4.78 is 0. The highest BCUT2D eigenvalue weighted by Crippen LogP contribution is 2.24. The molecule has 0 fully saturated rings. The van der Waals surface area contributed by atoms with Gasteiger partial charge in [0.05, 0.1) is 16.6 Å². The summed E-state index contributed by atoms with van der Waals surface area (Å²) in [6.45, 7) is 1.94. The van der Waals surface area contributed by atoms with E-state index in [1.165, 1.54) is 6.07 Å². The number of H-pyrrole nitrogens is 1. The van der Waals surface area contributed by atoms with Crippen molar-refractivity contribution < 1.29 is 9.90 Å². The van der Waals surface area contributed by atoms with Crippen molar-refractivity contribution in [3.63, 3.8) is 0 Å². The van der Waals surface area contributed by atoms with Crippen LogP contribution in [0.15, 0.2) is 36.4 Å². The van der Waals surface area contributed by atoms with Crippen LogP contribution in [0.2, 0.25) is 5.02 Å². The molecule has 1 heterocycles. The summed E-state index contributed by atoms with van der Waals surface area (Å²) in [6.07, 6.45) is 0. The lowest BCUT2D eigenvalue weighted by molar-refractivity contribution is 0.0697. The summed E-state index contributed by atoms with van der Waals surface area (Å²) in [4.78, 5) is 18.4. The van der Waals surface area contributed by atoms with Crippen LogP contribution in [-0.4, -0.2) is 21.0 Å². The smallest absolute Gasteiger partial charge is 0.335 e. The molecule has 2 aromatic carbocycles. The van der Waals surface area contributed by atoms with E-state index in [0.29, 0.717) is 22.0 Å². The zero-order chi connectivity index (χ0) is 15.0. The van der Waals surface area contributed by atoms with Crippen LogP contribution in [-0.2, 0) is 0 Å². The molecule has 21 heavy (non-hydrogen) atoms. The topological polar surface area (TPSA) is 78.0 Å². The number of aromatic nitrogens is 2. The molecular weight excluding hydrogens is 290 g/mol. The van der Waals surface area contributed by atoms with Crippen LogP contribution < -0.4 is 5.32 Å². The molecule has 6 heteroatoms. The fourth-order valence-electron chi connectivity index (χ4n) is 2.10. The summed E-state index contributed by atoms with van der Waals surface area (Å²) >= 11 is 5.92. The van der Waals surface area contributed by atoms with Crippen LogP contribution in [0.5, 0.6) is 0 Å². The first-order chi connectivity index (χ1) is 10.0. The molecule has 0 bridgehead atoms. The number of nitrogens with one attached hydrogen (secondary N) is 2. The number of hydrogen-bond acceptors (Lipinski definition) is 3. The van der Waals surface area contributed by atoms with Gasteiger partial charge in [-0.3, -0.25) is 0 Å². The van der Waals surface area contributed by atoms with E-state index in [2.05, 4.69) is 15.3 Å². The third-order valence-corrected chi connectivity index (χ3v) is 3.41. The lowest BCUT2D eigenvalue weighted by Gasteiger charge is -2.06. The van der Waals surface area contributed by atoms with Crippen LogP contribution in [0, 0.1) is 6.92 Å². The van der Waals surface area contributed by atoms with Gasteiger partial charge < -0.3 is 15.4 Å². The molecular formula is C15H12ClN3O2. The number of benzene rings is 2. The number of rotatable bonds is 3. The highest BCUT2D eigenvalue weighted by Gasteiger charge is 2.08. The predicted octanol–water partition coefficient (Wildman–Crippen LogP) is 3.97. The number of imidazole rings is 1. The van der Waals surface area contributed by atoms with Crippen molar-refractivity contribution in [2.75, 3.05) is 5.32 Å². The highest BCUT2D eigenvalue weighted by atomic mass is 35.5. The van der Waals surface area contributed by atoms with E-state index in [1.807, 2.05) is 19.1 Å². The Kier molecular flexibility index (Phi) is 3.27. The Hall–Kier alpha value is -2.53. The van der Waals surface area contributed by atoms with Crippen LogP contribution in [0.25, 0.3) is 11.0 Å².